The molecule has 0 saturated carbocycles. The van der Waals surface area contributed by atoms with Crippen molar-refractivity contribution in [2.45, 2.75) is 13.0 Å². The molecule has 4 nitrogen and oxygen atoms in total. The summed E-state index contributed by atoms with van der Waals surface area (Å²) in [5, 5.41) is 11.6. The zero-order chi connectivity index (χ0) is 11.7. The van der Waals surface area contributed by atoms with E-state index >= 15 is 0 Å². The number of rotatable bonds is 7. The number of thioether (sulfide) groups is 1. The van der Waals surface area contributed by atoms with Crippen LogP contribution in [0.3, 0.4) is 0 Å². The Labute approximate surface area is 95.7 Å². The second-order valence-corrected chi connectivity index (χ2v) is 4.39. The van der Waals surface area contributed by atoms with Crippen LogP contribution in [-0.4, -0.2) is 53.8 Å². The van der Waals surface area contributed by atoms with Crippen molar-refractivity contribution in [1.82, 2.24) is 10.2 Å². The Morgan fingerprint density at radius 1 is 1.73 bits per heavy atom. The fourth-order valence-electron chi connectivity index (χ4n) is 0.844. The highest BCUT2D eigenvalue weighted by Gasteiger charge is 2.13. The van der Waals surface area contributed by atoms with Gasteiger partial charge in [-0.3, -0.25) is 0 Å². The van der Waals surface area contributed by atoms with Crippen molar-refractivity contribution in [3.05, 3.63) is 12.7 Å². The van der Waals surface area contributed by atoms with Crippen LogP contribution in [0.1, 0.15) is 6.92 Å². The maximum atomic E-state index is 11.5. The molecular weight excluding hydrogens is 212 g/mol. The average Bonchev–Trinajstić information content (AvgIpc) is 2.26. The predicted octanol–water partition coefficient (Wildman–Crippen LogP) is 0.928. The number of likely N-dealkylation sites (N-methyl/N-ethyl adjacent to an activating group) is 1. The summed E-state index contributed by atoms with van der Waals surface area (Å²) >= 11 is 1.72. The first kappa shape index (κ1) is 14.3. The first-order valence-corrected chi connectivity index (χ1v) is 6.09. The van der Waals surface area contributed by atoms with Gasteiger partial charge in [-0.1, -0.05) is 6.08 Å². The van der Waals surface area contributed by atoms with E-state index in [0.29, 0.717) is 6.54 Å². The van der Waals surface area contributed by atoms with E-state index in [0.717, 1.165) is 11.5 Å². The molecular formula is C10H20N2O2S. The number of hydrogen-bond donors (Lipinski definition) is 2. The third-order valence-electron chi connectivity index (χ3n) is 2.00. The van der Waals surface area contributed by atoms with Gasteiger partial charge in [0, 0.05) is 25.1 Å². The molecule has 1 unspecified atom stereocenters. The van der Waals surface area contributed by atoms with Crippen LogP contribution in [0.2, 0.25) is 0 Å². The third kappa shape index (κ3) is 6.41. The number of aliphatic hydroxyl groups is 1. The van der Waals surface area contributed by atoms with Gasteiger partial charge in [0.05, 0.1) is 12.6 Å². The lowest BCUT2D eigenvalue weighted by Crippen LogP contribution is -2.44. The maximum Gasteiger partial charge on any atom is 0.317 e. The summed E-state index contributed by atoms with van der Waals surface area (Å²) in [6, 6.07) is -0.290. The van der Waals surface area contributed by atoms with Gasteiger partial charge in [-0.2, -0.15) is 11.8 Å². The van der Waals surface area contributed by atoms with E-state index in [4.69, 9.17) is 5.11 Å². The number of aliphatic hydroxyl groups excluding tert-OH is 1. The highest BCUT2D eigenvalue weighted by molar-refractivity contribution is 7.99. The highest BCUT2D eigenvalue weighted by Crippen LogP contribution is 1.98. The molecule has 2 amide bonds. The Hall–Kier alpha value is -0.680. The van der Waals surface area contributed by atoms with Crippen molar-refractivity contribution in [2.75, 3.05) is 31.7 Å². The van der Waals surface area contributed by atoms with Crippen LogP contribution >= 0.6 is 11.8 Å². The topological polar surface area (TPSA) is 52.6 Å². The molecule has 0 aliphatic heterocycles. The van der Waals surface area contributed by atoms with E-state index < -0.39 is 0 Å². The minimum absolute atomic E-state index is 0.0187. The van der Waals surface area contributed by atoms with Gasteiger partial charge in [-0.25, -0.2) is 4.79 Å². The normalized spacial score (nSPS) is 11.9. The molecule has 0 aliphatic carbocycles. The minimum atomic E-state index is -0.147. The van der Waals surface area contributed by atoms with E-state index in [1.54, 1.807) is 25.7 Å². The number of nitrogens with zero attached hydrogens (tertiary/aromatic N) is 1. The monoisotopic (exact) mass is 232 g/mol. The van der Waals surface area contributed by atoms with E-state index in [1.165, 1.54) is 4.90 Å². The molecule has 1 atom stereocenters. The van der Waals surface area contributed by atoms with Crippen LogP contribution in [0.15, 0.2) is 12.7 Å². The van der Waals surface area contributed by atoms with Gasteiger partial charge in [0.25, 0.3) is 0 Å². The van der Waals surface area contributed by atoms with Crippen LogP contribution in [0.5, 0.6) is 0 Å². The number of carbonyl (C=O) groups is 1. The van der Waals surface area contributed by atoms with Gasteiger partial charge in [0.1, 0.15) is 0 Å². The summed E-state index contributed by atoms with van der Waals surface area (Å²) in [6.45, 7) is 6.03. The summed E-state index contributed by atoms with van der Waals surface area (Å²) in [5.74, 6) is 1.78. The zero-order valence-corrected chi connectivity index (χ0v) is 10.2. The minimum Gasteiger partial charge on any atom is -0.394 e. The summed E-state index contributed by atoms with van der Waals surface area (Å²) in [7, 11) is 1.67. The summed E-state index contributed by atoms with van der Waals surface area (Å²) in [5.41, 5.74) is 0. The van der Waals surface area contributed by atoms with Crippen LogP contribution in [0.25, 0.3) is 0 Å². The van der Waals surface area contributed by atoms with Crippen LogP contribution in [-0.2, 0) is 0 Å². The Kier molecular flexibility index (Phi) is 8.22. The van der Waals surface area contributed by atoms with Crippen LogP contribution < -0.4 is 5.32 Å². The highest BCUT2D eigenvalue weighted by atomic mass is 32.2. The molecule has 0 aromatic heterocycles. The lowest BCUT2D eigenvalue weighted by Gasteiger charge is -2.23. The van der Waals surface area contributed by atoms with Gasteiger partial charge >= 0.3 is 6.03 Å². The fraction of sp³-hybridized carbons (Fsp3) is 0.700. The van der Waals surface area contributed by atoms with Crippen molar-refractivity contribution < 1.29 is 9.90 Å². The largest absolute Gasteiger partial charge is 0.394 e. The zero-order valence-electron chi connectivity index (χ0n) is 9.40. The lowest BCUT2D eigenvalue weighted by atomic mass is 10.3. The molecule has 0 aromatic rings. The van der Waals surface area contributed by atoms with E-state index in [9.17, 15) is 4.79 Å². The Morgan fingerprint density at radius 2 is 2.40 bits per heavy atom. The number of urea groups is 1. The van der Waals surface area contributed by atoms with Crippen LogP contribution in [0, 0.1) is 0 Å². The molecule has 0 aromatic carbocycles. The van der Waals surface area contributed by atoms with Gasteiger partial charge in [-0.05, 0) is 6.92 Å². The first-order chi connectivity index (χ1) is 7.13. The molecule has 15 heavy (non-hydrogen) atoms. The Morgan fingerprint density at radius 3 is 2.93 bits per heavy atom. The number of amides is 2. The smallest absolute Gasteiger partial charge is 0.317 e. The van der Waals surface area contributed by atoms with Crippen molar-refractivity contribution in [3.8, 4) is 0 Å². The summed E-state index contributed by atoms with van der Waals surface area (Å²) < 4.78 is 0. The molecule has 2 N–H and O–H groups in total. The lowest BCUT2D eigenvalue weighted by molar-refractivity contribution is 0.158. The molecule has 0 radical (unpaired) electrons. The molecule has 0 saturated heterocycles. The molecule has 0 spiro atoms. The quantitative estimate of drug-likeness (QED) is 0.507. The van der Waals surface area contributed by atoms with Crippen molar-refractivity contribution in [2.24, 2.45) is 0 Å². The molecule has 0 fully saturated rings. The van der Waals surface area contributed by atoms with Gasteiger partial charge in [0.2, 0.25) is 0 Å². The first-order valence-electron chi connectivity index (χ1n) is 4.93. The van der Waals surface area contributed by atoms with Gasteiger partial charge in [0.15, 0.2) is 0 Å². The molecule has 0 heterocycles. The molecule has 0 aliphatic rings. The second kappa shape index (κ2) is 8.61. The van der Waals surface area contributed by atoms with Crippen molar-refractivity contribution >= 4 is 17.8 Å². The third-order valence-corrected chi connectivity index (χ3v) is 2.97. The van der Waals surface area contributed by atoms with E-state index in [1.807, 2.05) is 6.08 Å². The van der Waals surface area contributed by atoms with Crippen LogP contribution in [0.4, 0.5) is 4.79 Å². The SMILES string of the molecule is C=CCSCCNC(=O)N(C)C(C)CO. The molecule has 88 valence electrons. The maximum absolute atomic E-state index is 11.5. The fourth-order valence-corrected chi connectivity index (χ4v) is 1.42. The Balaban J connectivity index is 3.60. The average molecular weight is 232 g/mol. The molecule has 5 heteroatoms. The summed E-state index contributed by atoms with van der Waals surface area (Å²) in [6.07, 6.45) is 1.84. The van der Waals surface area contributed by atoms with Gasteiger partial charge < -0.3 is 15.3 Å². The van der Waals surface area contributed by atoms with E-state index in [2.05, 4.69) is 11.9 Å². The second-order valence-electron chi connectivity index (χ2n) is 3.24. The van der Waals surface area contributed by atoms with Crippen molar-refractivity contribution in [3.63, 3.8) is 0 Å². The molecule has 0 bridgehead atoms. The number of nitrogens with one attached hydrogen (secondary N) is 1. The van der Waals surface area contributed by atoms with Crippen molar-refractivity contribution in [1.29, 1.82) is 0 Å². The van der Waals surface area contributed by atoms with Gasteiger partial charge in [-0.15, -0.1) is 6.58 Å². The number of carbonyl (C=O) groups excluding carboxylic acids is 1. The predicted molar refractivity (Wildman–Crippen MR) is 65.2 cm³/mol. The Bertz CT molecular complexity index is 200. The summed E-state index contributed by atoms with van der Waals surface area (Å²) in [4.78, 5) is 12.9. The number of hydrogen-bond acceptors (Lipinski definition) is 3. The standard InChI is InChI=1S/C10H20N2O2S/c1-4-6-15-7-5-11-10(14)12(3)9(2)8-13/h4,9,13H,1,5-8H2,2-3H3,(H,11,14). The molecule has 0 rings (SSSR count). The van der Waals surface area contributed by atoms with E-state index in [-0.39, 0.29) is 18.7 Å².